The van der Waals surface area contributed by atoms with Crippen LogP contribution in [0.15, 0.2) is 115 Å². The van der Waals surface area contributed by atoms with Gasteiger partial charge in [0, 0.05) is 38.3 Å². The number of para-hydroxylation sites is 4. The number of phenolic OH excluding ortho intramolecular Hbond substituents is 1. The van der Waals surface area contributed by atoms with Gasteiger partial charge in [-0.25, -0.2) is 4.98 Å². The van der Waals surface area contributed by atoms with Crippen molar-refractivity contribution in [3.8, 4) is 17.0 Å². The molecular formula is C35H27N4OPt-. The summed E-state index contributed by atoms with van der Waals surface area (Å²) in [5.74, 6) is 1.37. The number of hydrogen-bond acceptors (Lipinski definition) is 5. The molecule has 0 spiro atoms. The molecule has 1 aliphatic rings. The Labute approximate surface area is 254 Å². The molecule has 204 valence electrons. The fourth-order valence-electron chi connectivity index (χ4n) is 5.36. The molecule has 7 rings (SSSR count). The Kier molecular flexibility index (Phi) is 7.06. The third-order valence-electron chi connectivity index (χ3n) is 7.39. The van der Waals surface area contributed by atoms with Crippen molar-refractivity contribution in [3.63, 3.8) is 0 Å². The van der Waals surface area contributed by atoms with Crippen LogP contribution >= 0.6 is 0 Å². The number of pyridine rings is 2. The Bertz CT molecular complexity index is 1870. The van der Waals surface area contributed by atoms with Crippen LogP contribution in [0.25, 0.3) is 22.2 Å². The zero-order valence-electron chi connectivity index (χ0n) is 22.6. The van der Waals surface area contributed by atoms with Crippen molar-refractivity contribution in [2.75, 3.05) is 9.80 Å². The summed E-state index contributed by atoms with van der Waals surface area (Å²) in [6, 6.07) is 40.3. The van der Waals surface area contributed by atoms with Gasteiger partial charge in [-0.15, -0.1) is 23.8 Å². The van der Waals surface area contributed by atoms with E-state index < -0.39 is 0 Å². The van der Waals surface area contributed by atoms with Crippen LogP contribution in [0, 0.1) is 6.07 Å². The predicted octanol–water partition coefficient (Wildman–Crippen LogP) is 9.18. The fraction of sp³-hybridized carbons (Fsp3) is 0.0857. The molecule has 1 aliphatic heterocycles. The van der Waals surface area contributed by atoms with E-state index in [9.17, 15) is 5.11 Å². The SMILES string of the molecule is CC(C)c1ccnc(N2c3[c-]c(-c4ccc5cccc(O)c5n4)ccc3N(c3ccccc3)c3ccccc32)c1.[Pt]. The molecule has 0 saturated heterocycles. The van der Waals surface area contributed by atoms with Crippen LogP contribution in [-0.2, 0) is 21.1 Å². The van der Waals surface area contributed by atoms with Gasteiger partial charge in [-0.3, -0.25) is 4.98 Å². The van der Waals surface area contributed by atoms with Gasteiger partial charge in [0.25, 0.3) is 0 Å². The normalized spacial score (nSPS) is 12.2. The van der Waals surface area contributed by atoms with E-state index >= 15 is 0 Å². The number of benzene rings is 4. The molecule has 1 N–H and O–H groups in total. The average Bonchev–Trinajstić information content (AvgIpc) is 3.00. The molecule has 6 aromatic rings. The van der Waals surface area contributed by atoms with Crippen LogP contribution in [-0.4, -0.2) is 15.1 Å². The molecule has 0 bridgehead atoms. The van der Waals surface area contributed by atoms with Crippen LogP contribution in [0.5, 0.6) is 5.75 Å². The Morgan fingerprint density at radius 3 is 2.27 bits per heavy atom. The van der Waals surface area contributed by atoms with Gasteiger partial charge in [0.2, 0.25) is 0 Å². The molecule has 0 fully saturated rings. The molecule has 4 aromatic carbocycles. The molecule has 0 radical (unpaired) electrons. The molecule has 41 heavy (non-hydrogen) atoms. The molecule has 0 amide bonds. The first-order valence-corrected chi connectivity index (χ1v) is 13.4. The Morgan fingerprint density at radius 2 is 1.49 bits per heavy atom. The van der Waals surface area contributed by atoms with E-state index in [1.807, 2.05) is 42.6 Å². The molecule has 0 aliphatic carbocycles. The first kappa shape index (κ1) is 26.7. The summed E-state index contributed by atoms with van der Waals surface area (Å²) in [7, 11) is 0. The molecule has 2 aromatic heterocycles. The standard InChI is InChI=1S/C35H27N4O.Pt/c1-23(2)25-19-20-36-34(22-25)39-30-13-7-6-12-29(30)38(27-10-4-3-5-11-27)31-18-16-26(21-32(31)39)28-17-15-24-9-8-14-33(40)35(24)37-28;/h3-20,22-23,40H,1-2H3;/q-1;. The maximum absolute atomic E-state index is 10.5. The van der Waals surface area contributed by atoms with E-state index in [1.54, 1.807) is 6.07 Å². The van der Waals surface area contributed by atoms with Gasteiger partial charge < -0.3 is 14.9 Å². The minimum atomic E-state index is 0. The zero-order valence-corrected chi connectivity index (χ0v) is 24.9. The number of aromatic nitrogens is 2. The summed E-state index contributed by atoms with van der Waals surface area (Å²) < 4.78 is 0. The Balaban J connectivity index is 0.00000302. The van der Waals surface area contributed by atoms with Crippen molar-refractivity contribution in [2.45, 2.75) is 19.8 Å². The van der Waals surface area contributed by atoms with E-state index in [0.29, 0.717) is 11.4 Å². The van der Waals surface area contributed by atoms with Gasteiger partial charge in [-0.1, -0.05) is 68.4 Å². The van der Waals surface area contributed by atoms with Gasteiger partial charge in [-0.05, 0) is 71.0 Å². The number of fused-ring (bicyclic) bond motifs is 3. The summed E-state index contributed by atoms with van der Waals surface area (Å²) in [4.78, 5) is 14.1. The Hall–Kier alpha value is -4.47. The predicted molar refractivity (Wildman–Crippen MR) is 162 cm³/mol. The summed E-state index contributed by atoms with van der Waals surface area (Å²) in [6.45, 7) is 4.39. The second-order valence-electron chi connectivity index (χ2n) is 10.2. The van der Waals surface area contributed by atoms with Crippen LogP contribution in [0.3, 0.4) is 0 Å². The average molecular weight is 715 g/mol. The molecular weight excluding hydrogens is 687 g/mol. The van der Waals surface area contributed by atoms with Gasteiger partial charge >= 0.3 is 0 Å². The maximum atomic E-state index is 10.5. The third-order valence-corrected chi connectivity index (χ3v) is 7.39. The number of rotatable bonds is 4. The molecule has 0 saturated carbocycles. The minimum absolute atomic E-state index is 0. The summed E-state index contributed by atoms with van der Waals surface area (Å²) in [6.07, 6.45) is 1.88. The second-order valence-corrected chi connectivity index (χ2v) is 10.2. The number of phenols is 1. The zero-order chi connectivity index (χ0) is 27.2. The third kappa shape index (κ3) is 4.66. The number of aromatic hydroxyl groups is 1. The van der Waals surface area contributed by atoms with E-state index in [0.717, 1.165) is 50.9 Å². The maximum Gasteiger partial charge on any atom is 0.140 e. The van der Waals surface area contributed by atoms with Crippen molar-refractivity contribution < 1.29 is 26.2 Å². The van der Waals surface area contributed by atoms with Gasteiger partial charge in [0.15, 0.2) is 0 Å². The van der Waals surface area contributed by atoms with Crippen molar-refractivity contribution in [1.82, 2.24) is 9.97 Å². The van der Waals surface area contributed by atoms with Crippen LogP contribution < -0.4 is 9.80 Å². The minimum Gasteiger partial charge on any atom is -0.506 e. The molecule has 3 heterocycles. The second kappa shape index (κ2) is 10.8. The molecule has 5 nitrogen and oxygen atoms in total. The summed E-state index contributed by atoms with van der Waals surface area (Å²) in [5, 5.41) is 11.4. The molecule has 6 heteroatoms. The summed E-state index contributed by atoms with van der Waals surface area (Å²) >= 11 is 0. The van der Waals surface area contributed by atoms with Gasteiger partial charge in [0.05, 0.1) is 11.4 Å². The van der Waals surface area contributed by atoms with Crippen molar-refractivity contribution in [1.29, 1.82) is 0 Å². The topological polar surface area (TPSA) is 52.5 Å². The Morgan fingerprint density at radius 1 is 0.732 bits per heavy atom. The van der Waals surface area contributed by atoms with Gasteiger partial charge in [-0.2, -0.15) is 0 Å². The smallest absolute Gasteiger partial charge is 0.140 e. The van der Waals surface area contributed by atoms with E-state index in [2.05, 4.69) is 96.4 Å². The number of hydrogen-bond donors (Lipinski definition) is 1. The molecule has 0 unspecified atom stereocenters. The van der Waals surface area contributed by atoms with Crippen molar-refractivity contribution in [3.05, 3.63) is 127 Å². The first-order chi connectivity index (χ1) is 19.6. The van der Waals surface area contributed by atoms with E-state index in [4.69, 9.17) is 9.97 Å². The quantitative estimate of drug-likeness (QED) is 0.184. The summed E-state index contributed by atoms with van der Waals surface area (Å²) in [5.41, 5.74) is 8.39. The van der Waals surface area contributed by atoms with Crippen LogP contribution in [0.4, 0.5) is 34.3 Å². The van der Waals surface area contributed by atoms with E-state index in [-0.39, 0.29) is 26.8 Å². The van der Waals surface area contributed by atoms with Crippen molar-refractivity contribution in [2.24, 2.45) is 0 Å². The van der Waals surface area contributed by atoms with Gasteiger partial charge in [0.1, 0.15) is 17.1 Å². The number of anilines is 6. The van der Waals surface area contributed by atoms with Crippen LogP contribution in [0.1, 0.15) is 25.3 Å². The van der Waals surface area contributed by atoms with Crippen molar-refractivity contribution >= 4 is 45.2 Å². The largest absolute Gasteiger partial charge is 0.506 e. The number of nitrogens with zero attached hydrogens (tertiary/aromatic N) is 4. The first-order valence-electron chi connectivity index (χ1n) is 13.4. The monoisotopic (exact) mass is 714 g/mol. The van der Waals surface area contributed by atoms with Crippen LogP contribution in [0.2, 0.25) is 0 Å². The van der Waals surface area contributed by atoms with E-state index in [1.165, 1.54) is 5.56 Å². The fourth-order valence-corrected chi connectivity index (χ4v) is 5.36. The molecule has 0 atom stereocenters.